The molecule has 2 aliphatic rings. The minimum atomic E-state index is 0.0313. The Morgan fingerprint density at radius 3 is 2.91 bits per heavy atom. The molecule has 0 radical (unpaired) electrons. The molecule has 0 fully saturated rings. The number of nitrogens with one attached hydrogen (secondary N) is 1. The Hall–Kier alpha value is -2.70. The molecule has 2 aromatic heterocycles. The summed E-state index contributed by atoms with van der Waals surface area (Å²) in [5.41, 5.74) is 11.0. The number of halogens is 1. The molecule has 0 saturated carbocycles. The lowest BCUT2D eigenvalue weighted by Gasteiger charge is -2.44. The lowest BCUT2D eigenvalue weighted by atomic mass is 9.85. The molecule has 164 valence electrons. The molecule has 3 aromatic rings. The monoisotopic (exact) mass is 489 g/mol. The van der Waals surface area contributed by atoms with Crippen LogP contribution < -0.4 is 10.6 Å². The van der Waals surface area contributed by atoms with E-state index in [2.05, 4.69) is 80.4 Å². The first-order chi connectivity index (χ1) is 15.8. The molecular weight excluding hydrogens is 462 g/mol. The van der Waals surface area contributed by atoms with Gasteiger partial charge in [0, 0.05) is 41.2 Å². The molecule has 2 aliphatic carbocycles. The number of anilines is 1. The number of pyridine rings is 1. The van der Waals surface area contributed by atoms with Crippen LogP contribution >= 0.6 is 15.9 Å². The number of nitrogens with two attached hydrogens (primary N) is 1. The predicted octanol–water partition coefficient (Wildman–Crippen LogP) is 5.78. The van der Waals surface area contributed by atoms with Gasteiger partial charge in [0.05, 0.1) is 17.8 Å². The summed E-state index contributed by atoms with van der Waals surface area (Å²) >= 11 is 3.71. The highest BCUT2D eigenvalue weighted by Gasteiger charge is 2.38. The molecule has 0 spiro atoms. The van der Waals surface area contributed by atoms with Crippen molar-refractivity contribution in [3.05, 3.63) is 100 Å². The SMILES string of the molecule is NCc1ccc(Br)cc1N(C1CCCc2cccnc21)C(c1ncc[nH]1)C1C=CC=CC1. The van der Waals surface area contributed by atoms with E-state index in [1.807, 2.05) is 18.6 Å². The number of benzene rings is 1. The average Bonchev–Trinajstić information content (AvgIpc) is 3.37. The highest BCUT2D eigenvalue weighted by Crippen LogP contribution is 2.46. The number of hydrogen-bond donors (Lipinski definition) is 2. The van der Waals surface area contributed by atoms with Crippen molar-refractivity contribution in [2.45, 2.75) is 44.3 Å². The van der Waals surface area contributed by atoms with Crippen molar-refractivity contribution in [2.75, 3.05) is 4.90 Å². The van der Waals surface area contributed by atoms with Crippen molar-refractivity contribution in [3.8, 4) is 0 Å². The van der Waals surface area contributed by atoms with E-state index < -0.39 is 0 Å². The van der Waals surface area contributed by atoms with E-state index in [1.54, 1.807) is 0 Å². The van der Waals surface area contributed by atoms with Crippen LogP contribution in [-0.4, -0.2) is 15.0 Å². The second kappa shape index (κ2) is 9.43. The third-order valence-electron chi connectivity index (χ3n) is 6.57. The maximum atomic E-state index is 6.25. The number of fused-ring (bicyclic) bond motifs is 1. The van der Waals surface area contributed by atoms with Gasteiger partial charge in [-0.3, -0.25) is 4.98 Å². The van der Waals surface area contributed by atoms with Crippen LogP contribution in [0.5, 0.6) is 0 Å². The Morgan fingerprint density at radius 1 is 1.19 bits per heavy atom. The number of rotatable bonds is 6. The third kappa shape index (κ3) is 4.05. The summed E-state index contributed by atoms with van der Waals surface area (Å²) in [7, 11) is 0. The topological polar surface area (TPSA) is 70.8 Å². The summed E-state index contributed by atoms with van der Waals surface area (Å²) in [5.74, 6) is 1.26. The van der Waals surface area contributed by atoms with E-state index in [0.717, 1.165) is 47.2 Å². The molecule has 0 amide bonds. The first-order valence-corrected chi connectivity index (χ1v) is 12.1. The Bertz CT molecular complexity index is 1120. The van der Waals surface area contributed by atoms with Gasteiger partial charge >= 0.3 is 0 Å². The molecule has 6 heteroatoms. The lowest BCUT2D eigenvalue weighted by Crippen LogP contribution is -2.40. The largest absolute Gasteiger partial charge is 0.352 e. The van der Waals surface area contributed by atoms with Gasteiger partial charge in [-0.2, -0.15) is 0 Å². The summed E-state index contributed by atoms with van der Waals surface area (Å²) in [6.45, 7) is 0.478. The average molecular weight is 490 g/mol. The number of imidazole rings is 1. The van der Waals surface area contributed by atoms with E-state index in [1.165, 1.54) is 11.3 Å². The Labute approximate surface area is 197 Å². The Morgan fingerprint density at radius 2 is 2.12 bits per heavy atom. The van der Waals surface area contributed by atoms with Gasteiger partial charge in [-0.25, -0.2) is 4.98 Å². The summed E-state index contributed by atoms with van der Waals surface area (Å²) < 4.78 is 1.05. The van der Waals surface area contributed by atoms with Gasteiger partial charge in [0.1, 0.15) is 5.82 Å². The van der Waals surface area contributed by atoms with Crippen molar-refractivity contribution in [1.29, 1.82) is 0 Å². The molecule has 3 N–H and O–H groups in total. The molecule has 0 aliphatic heterocycles. The molecule has 0 bridgehead atoms. The fourth-order valence-corrected chi connectivity index (χ4v) is 5.48. The zero-order valence-corrected chi connectivity index (χ0v) is 19.6. The number of H-pyrrole nitrogens is 1. The first-order valence-electron chi connectivity index (χ1n) is 11.3. The second-order valence-electron chi connectivity index (χ2n) is 8.47. The van der Waals surface area contributed by atoms with E-state index in [-0.39, 0.29) is 18.0 Å². The van der Waals surface area contributed by atoms with Crippen LogP contribution in [0.3, 0.4) is 0 Å². The maximum absolute atomic E-state index is 6.25. The number of aromatic amines is 1. The van der Waals surface area contributed by atoms with E-state index in [0.29, 0.717) is 6.54 Å². The van der Waals surface area contributed by atoms with Crippen LogP contribution in [0.15, 0.2) is 77.7 Å². The molecule has 5 rings (SSSR count). The van der Waals surface area contributed by atoms with Crippen LogP contribution in [0.1, 0.15) is 54.0 Å². The van der Waals surface area contributed by atoms with Gasteiger partial charge in [-0.05, 0) is 55.0 Å². The minimum Gasteiger partial charge on any atom is -0.352 e. The number of nitrogens with zero attached hydrogens (tertiary/aromatic N) is 3. The van der Waals surface area contributed by atoms with Crippen LogP contribution in [0.4, 0.5) is 5.69 Å². The van der Waals surface area contributed by atoms with Crippen molar-refractivity contribution in [2.24, 2.45) is 11.7 Å². The summed E-state index contributed by atoms with van der Waals surface area (Å²) in [6, 6.07) is 10.9. The molecule has 3 unspecified atom stereocenters. The van der Waals surface area contributed by atoms with Crippen LogP contribution in [0, 0.1) is 5.92 Å². The first kappa shape index (κ1) is 21.2. The van der Waals surface area contributed by atoms with Crippen molar-refractivity contribution < 1.29 is 0 Å². The summed E-state index contributed by atoms with van der Waals surface area (Å²) in [6.07, 6.45) is 18.7. The van der Waals surface area contributed by atoms with E-state index in [9.17, 15) is 0 Å². The maximum Gasteiger partial charge on any atom is 0.129 e. The molecule has 0 saturated heterocycles. The van der Waals surface area contributed by atoms with E-state index >= 15 is 0 Å². The molecular formula is C26H28BrN5. The number of aromatic nitrogens is 3. The van der Waals surface area contributed by atoms with Crippen LogP contribution in [-0.2, 0) is 13.0 Å². The van der Waals surface area contributed by atoms with Gasteiger partial charge in [0.2, 0.25) is 0 Å². The zero-order valence-electron chi connectivity index (χ0n) is 18.0. The predicted molar refractivity (Wildman–Crippen MR) is 132 cm³/mol. The quantitative estimate of drug-likeness (QED) is 0.459. The Balaban J connectivity index is 1.72. The molecule has 3 atom stereocenters. The van der Waals surface area contributed by atoms with Crippen LogP contribution in [0.25, 0.3) is 0 Å². The third-order valence-corrected chi connectivity index (χ3v) is 7.06. The van der Waals surface area contributed by atoms with Crippen molar-refractivity contribution in [1.82, 2.24) is 15.0 Å². The molecule has 32 heavy (non-hydrogen) atoms. The summed E-state index contributed by atoms with van der Waals surface area (Å²) in [5, 5.41) is 0. The number of allylic oxidation sites excluding steroid dienone is 3. The Kier molecular flexibility index (Phi) is 6.23. The lowest BCUT2D eigenvalue weighted by molar-refractivity contribution is 0.390. The second-order valence-corrected chi connectivity index (χ2v) is 9.39. The fourth-order valence-electron chi connectivity index (χ4n) is 5.13. The fraction of sp³-hybridized carbons (Fsp3) is 0.308. The van der Waals surface area contributed by atoms with Gasteiger partial charge in [-0.15, -0.1) is 0 Å². The summed E-state index contributed by atoms with van der Waals surface area (Å²) in [4.78, 5) is 15.6. The smallest absolute Gasteiger partial charge is 0.129 e. The number of hydrogen-bond acceptors (Lipinski definition) is 4. The van der Waals surface area contributed by atoms with Crippen LogP contribution in [0.2, 0.25) is 0 Å². The van der Waals surface area contributed by atoms with Gasteiger partial charge in [0.15, 0.2) is 0 Å². The minimum absolute atomic E-state index is 0.0313. The number of aryl methyl sites for hydroxylation is 1. The van der Waals surface area contributed by atoms with Crippen molar-refractivity contribution >= 4 is 21.6 Å². The zero-order chi connectivity index (χ0) is 21.9. The normalized spacial score (nSPS) is 20.7. The van der Waals surface area contributed by atoms with Crippen molar-refractivity contribution in [3.63, 3.8) is 0 Å². The van der Waals surface area contributed by atoms with Gasteiger partial charge in [0.25, 0.3) is 0 Å². The molecule has 1 aromatic carbocycles. The van der Waals surface area contributed by atoms with Gasteiger partial charge in [-0.1, -0.05) is 52.4 Å². The van der Waals surface area contributed by atoms with Gasteiger partial charge < -0.3 is 15.6 Å². The van der Waals surface area contributed by atoms with E-state index in [4.69, 9.17) is 15.7 Å². The highest BCUT2D eigenvalue weighted by atomic mass is 79.9. The molecule has 5 nitrogen and oxygen atoms in total. The highest BCUT2D eigenvalue weighted by molar-refractivity contribution is 9.10. The standard InChI is InChI=1S/C26H28BrN5/c27-21-12-11-20(17-28)23(16-21)32(22-10-4-8-18-9-5-13-29-24(18)22)25(26-30-14-15-31-26)19-6-2-1-3-7-19/h1-3,5-6,9,11-16,19,22,25H,4,7-8,10,17,28H2,(H,30,31). The molecule has 2 heterocycles.